The van der Waals surface area contributed by atoms with Gasteiger partial charge in [-0.3, -0.25) is 9.48 Å². The Kier molecular flexibility index (Phi) is 4.73. The lowest BCUT2D eigenvalue weighted by molar-refractivity contribution is 0.0505. The number of carbonyl (C=O) groups excluding carboxylic acids is 2. The second-order valence-corrected chi connectivity index (χ2v) is 6.70. The Morgan fingerprint density at radius 2 is 1.91 bits per heavy atom. The highest BCUT2D eigenvalue weighted by Gasteiger charge is 2.29. The normalized spacial score (nSPS) is 21.5. The predicted octanol–water partition coefficient (Wildman–Crippen LogP) is 1.60. The molecule has 1 heterocycles. The van der Waals surface area contributed by atoms with E-state index in [9.17, 15) is 9.59 Å². The summed E-state index contributed by atoms with van der Waals surface area (Å²) in [6, 6.07) is 1.76. The van der Waals surface area contributed by atoms with Crippen molar-refractivity contribution in [3.63, 3.8) is 0 Å². The van der Waals surface area contributed by atoms with Crippen LogP contribution in [0, 0.1) is 0 Å². The highest BCUT2D eigenvalue weighted by molar-refractivity contribution is 5.92. The van der Waals surface area contributed by atoms with Crippen molar-refractivity contribution in [2.75, 3.05) is 0 Å². The lowest BCUT2D eigenvalue weighted by atomic mass is 10.2. The zero-order chi connectivity index (χ0) is 16.3. The molecule has 0 spiro atoms. The quantitative estimate of drug-likeness (QED) is 0.888. The van der Waals surface area contributed by atoms with Crippen LogP contribution in [0.5, 0.6) is 0 Å². The number of alkyl carbamates (subject to hydrolysis) is 1. The molecule has 1 aliphatic carbocycles. The summed E-state index contributed by atoms with van der Waals surface area (Å²) in [7, 11) is 1.77. The van der Waals surface area contributed by atoms with Crippen molar-refractivity contribution in [2.45, 2.75) is 57.7 Å². The molecule has 1 aliphatic rings. The molecule has 2 unspecified atom stereocenters. The van der Waals surface area contributed by atoms with Crippen LogP contribution in [-0.2, 0) is 11.8 Å². The molecule has 1 aromatic heterocycles. The Balaban J connectivity index is 1.78. The van der Waals surface area contributed by atoms with E-state index in [-0.39, 0.29) is 18.0 Å². The third-order valence-corrected chi connectivity index (χ3v) is 3.43. The molecule has 7 nitrogen and oxygen atoms in total. The number of hydrogen-bond donors (Lipinski definition) is 2. The van der Waals surface area contributed by atoms with Gasteiger partial charge in [0.15, 0.2) is 0 Å². The summed E-state index contributed by atoms with van der Waals surface area (Å²) in [4.78, 5) is 23.8. The molecule has 2 amide bonds. The molecule has 0 aliphatic heterocycles. The van der Waals surface area contributed by atoms with E-state index in [0.29, 0.717) is 12.1 Å². The van der Waals surface area contributed by atoms with E-state index in [1.165, 1.54) is 0 Å². The number of rotatable bonds is 3. The van der Waals surface area contributed by atoms with Crippen molar-refractivity contribution in [2.24, 2.45) is 7.05 Å². The van der Waals surface area contributed by atoms with E-state index in [1.807, 2.05) is 20.8 Å². The van der Waals surface area contributed by atoms with Crippen LogP contribution in [0.25, 0.3) is 0 Å². The fourth-order valence-electron chi connectivity index (χ4n) is 2.51. The summed E-state index contributed by atoms with van der Waals surface area (Å²) in [5.74, 6) is -0.177. The monoisotopic (exact) mass is 308 g/mol. The molecule has 22 heavy (non-hydrogen) atoms. The average Bonchev–Trinajstić information content (AvgIpc) is 2.96. The van der Waals surface area contributed by atoms with Crippen LogP contribution in [0.4, 0.5) is 4.79 Å². The Bertz CT molecular complexity index is 547. The summed E-state index contributed by atoms with van der Waals surface area (Å²) < 4.78 is 6.83. The molecule has 7 heteroatoms. The third-order valence-electron chi connectivity index (χ3n) is 3.43. The van der Waals surface area contributed by atoms with Gasteiger partial charge < -0.3 is 15.4 Å². The van der Waals surface area contributed by atoms with Gasteiger partial charge >= 0.3 is 6.09 Å². The second-order valence-electron chi connectivity index (χ2n) is 6.70. The highest BCUT2D eigenvalue weighted by atomic mass is 16.6. The Labute approximate surface area is 130 Å². The lowest BCUT2D eigenvalue weighted by Gasteiger charge is -2.21. The maximum atomic E-state index is 12.0. The van der Waals surface area contributed by atoms with Crippen LogP contribution >= 0.6 is 0 Å². The fourth-order valence-corrected chi connectivity index (χ4v) is 2.51. The topological polar surface area (TPSA) is 85.2 Å². The molecule has 2 N–H and O–H groups in total. The number of carbonyl (C=O) groups is 2. The SMILES string of the molecule is Cn1ccc(C(=O)NC2CCC(NC(=O)OC(C)(C)C)C2)n1. The Morgan fingerprint density at radius 1 is 1.27 bits per heavy atom. The largest absolute Gasteiger partial charge is 0.444 e. The summed E-state index contributed by atoms with van der Waals surface area (Å²) in [6.07, 6.45) is 3.69. The fraction of sp³-hybridized carbons (Fsp3) is 0.667. The number of aromatic nitrogens is 2. The summed E-state index contributed by atoms with van der Waals surface area (Å²) in [6.45, 7) is 5.49. The molecule has 1 saturated carbocycles. The van der Waals surface area contributed by atoms with E-state index in [4.69, 9.17) is 4.74 Å². The van der Waals surface area contributed by atoms with Gasteiger partial charge in [0.1, 0.15) is 11.3 Å². The number of amides is 2. The van der Waals surface area contributed by atoms with Crippen molar-refractivity contribution in [3.05, 3.63) is 18.0 Å². The standard InChI is InChI=1S/C15H24N4O3/c1-15(2,3)22-14(21)17-11-6-5-10(9-11)16-13(20)12-7-8-19(4)18-12/h7-8,10-11H,5-6,9H2,1-4H3,(H,16,20)(H,17,21). The van der Waals surface area contributed by atoms with Gasteiger partial charge in [0.2, 0.25) is 0 Å². The van der Waals surface area contributed by atoms with Gasteiger partial charge in [-0.05, 0) is 46.1 Å². The number of hydrogen-bond acceptors (Lipinski definition) is 4. The molecular formula is C15H24N4O3. The molecule has 2 atom stereocenters. The van der Waals surface area contributed by atoms with E-state index in [0.717, 1.165) is 12.8 Å². The molecular weight excluding hydrogens is 284 g/mol. The van der Waals surface area contributed by atoms with Crippen LogP contribution in [0.15, 0.2) is 12.3 Å². The zero-order valence-corrected chi connectivity index (χ0v) is 13.5. The smallest absolute Gasteiger partial charge is 0.407 e. The maximum absolute atomic E-state index is 12.0. The van der Waals surface area contributed by atoms with E-state index in [1.54, 1.807) is 24.0 Å². The van der Waals surface area contributed by atoms with Crippen molar-refractivity contribution in [1.82, 2.24) is 20.4 Å². The van der Waals surface area contributed by atoms with Crippen molar-refractivity contribution in [1.29, 1.82) is 0 Å². The lowest BCUT2D eigenvalue weighted by Crippen LogP contribution is -2.39. The Hall–Kier alpha value is -2.05. The van der Waals surface area contributed by atoms with Gasteiger partial charge in [-0.15, -0.1) is 0 Å². The molecule has 0 saturated heterocycles. The molecule has 0 bridgehead atoms. The van der Waals surface area contributed by atoms with Gasteiger partial charge in [0.25, 0.3) is 5.91 Å². The van der Waals surface area contributed by atoms with Crippen LogP contribution < -0.4 is 10.6 Å². The number of ether oxygens (including phenoxy) is 1. The van der Waals surface area contributed by atoms with Crippen molar-refractivity contribution in [3.8, 4) is 0 Å². The first kappa shape index (κ1) is 16.3. The van der Waals surface area contributed by atoms with Gasteiger partial charge in [-0.1, -0.05) is 0 Å². The van der Waals surface area contributed by atoms with Gasteiger partial charge in [0, 0.05) is 25.3 Å². The molecule has 1 aromatic rings. The molecule has 122 valence electrons. The van der Waals surface area contributed by atoms with Crippen LogP contribution in [0.2, 0.25) is 0 Å². The minimum Gasteiger partial charge on any atom is -0.444 e. The van der Waals surface area contributed by atoms with Crippen LogP contribution in [-0.4, -0.2) is 39.5 Å². The molecule has 2 rings (SSSR count). The summed E-state index contributed by atoms with van der Waals surface area (Å²) in [5.41, 5.74) is -0.0963. The minimum absolute atomic E-state index is 0.0314. The highest BCUT2D eigenvalue weighted by Crippen LogP contribution is 2.20. The predicted molar refractivity (Wildman–Crippen MR) is 81.5 cm³/mol. The first-order valence-corrected chi connectivity index (χ1v) is 7.53. The Morgan fingerprint density at radius 3 is 2.45 bits per heavy atom. The van der Waals surface area contributed by atoms with Crippen LogP contribution in [0.1, 0.15) is 50.5 Å². The number of nitrogens with zero attached hydrogens (tertiary/aromatic N) is 2. The maximum Gasteiger partial charge on any atom is 0.407 e. The molecule has 0 radical (unpaired) electrons. The minimum atomic E-state index is -0.505. The van der Waals surface area contributed by atoms with Crippen LogP contribution in [0.3, 0.4) is 0 Å². The summed E-state index contributed by atoms with van der Waals surface area (Å²) >= 11 is 0. The van der Waals surface area contributed by atoms with Gasteiger partial charge in [-0.2, -0.15) is 5.10 Å². The average molecular weight is 308 g/mol. The number of nitrogens with one attached hydrogen (secondary N) is 2. The van der Waals surface area contributed by atoms with Gasteiger partial charge in [-0.25, -0.2) is 4.79 Å². The zero-order valence-electron chi connectivity index (χ0n) is 13.5. The van der Waals surface area contributed by atoms with Crippen molar-refractivity contribution >= 4 is 12.0 Å². The van der Waals surface area contributed by atoms with E-state index >= 15 is 0 Å². The van der Waals surface area contributed by atoms with E-state index < -0.39 is 11.7 Å². The van der Waals surface area contributed by atoms with Gasteiger partial charge in [0.05, 0.1) is 0 Å². The summed E-state index contributed by atoms with van der Waals surface area (Å²) in [5, 5.41) is 9.88. The van der Waals surface area contributed by atoms with Crippen molar-refractivity contribution < 1.29 is 14.3 Å². The molecule has 1 fully saturated rings. The third kappa shape index (κ3) is 4.75. The molecule has 0 aromatic carbocycles. The first-order valence-electron chi connectivity index (χ1n) is 7.53. The second kappa shape index (κ2) is 6.37. The van der Waals surface area contributed by atoms with E-state index in [2.05, 4.69) is 15.7 Å². The first-order chi connectivity index (χ1) is 10.2. The number of aryl methyl sites for hydroxylation is 1.